The van der Waals surface area contributed by atoms with Gasteiger partial charge in [0.25, 0.3) is 0 Å². The summed E-state index contributed by atoms with van der Waals surface area (Å²) >= 11 is 0. The Morgan fingerprint density at radius 2 is 0.514 bits per heavy atom. The van der Waals surface area contributed by atoms with Gasteiger partial charge in [-0.3, -0.25) is 0 Å². The van der Waals surface area contributed by atoms with E-state index in [-0.39, 0.29) is 40.0 Å². The average molecular weight is 556 g/mol. The summed E-state index contributed by atoms with van der Waals surface area (Å²) in [6.07, 6.45) is 0.634. The van der Waals surface area contributed by atoms with Gasteiger partial charge in [-0.2, -0.15) is 0 Å². The van der Waals surface area contributed by atoms with Crippen LogP contribution in [0, 0.1) is 46.5 Å². The van der Waals surface area contributed by atoms with Crippen molar-refractivity contribution in [1.29, 1.82) is 0 Å². The lowest BCUT2D eigenvalue weighted by molar-refractivity contribution is 0.584. The van der Waals surface area contributed by atoms with Gasteiger partial charge in [-0.05, 0) is 104 Å². The van der Waals surface area contributed by atoms with E-state index in [1.165, 1.54) is 0 Å². The summed E-state index contributed by atoms with van der Waals surface area (Å²) < 4.78 is 112. The summed E-state index contributed by atoms with van der Waals surface area (Å²) in [7, 11) is -3.31. The van der Waals surface area contributed by atoms with Crippen LogP contribution in [0.15, 0.2) is 72.8 Å². The first-order chi connectivity index (χ1) is 17.6. The number of hydrogen-bond donors (Lipinski definition) is 0. The van der Waals surface area contributed by atoms with Crippen LogP contribution in [0.4, 0.5) is 35.1 Å². The lowest BCUT2D eigenvalue weighted by Gasteiger charge is -2.23. The molecule has 0 saturated carbocycles. The molecule has 37 heavy (non-hydrogen) atoms. The predicted molar refractivity (Wildman–Crippen MR) is 132 cm³/mol. The molecular weight excluding hydrogens is 538 g/mol. The molecular formula is C27H18F8P2. The first kappa shape index (κ1) is 27.2. The van der Waals surface area contributed by atoms with Gasteiger partial charge >= 0.3 is 0 Å². The molecule has 0 heterocycles. The van der Waals surface area contributed by atoms with Crippen LogP contribution < -0.4 is 21.2 Å². The molecule has 0 N–H and O–H groups in total. The van der Waals surface area contributed by atoms with Gasteiger partial charge in [0.05, 0.1) is 0 Å². The van der Waals surface area contributed by atoms with Crippen LogP contribution in [0.5, 0.6) is 0 Å². The van der Waals surface area contributed by atoms with E-state index in [0.717, 1.165) is 48.5 Å². The van der Waals surface area contributed by atoms with E-state index in [1.807, 2.05) is 0 Å². The van der Waals surface area contributed by atoms with E-state index in [4.69, 9.17) is 0 Å². The van der Waals surface area contributed by atoms with Crippen molar-refractivity contribution in [2.24, 2.45) is 0 Å². The van der Waals surface area contributed by atoms with Crippen molar-refractivity contribution in [3.05, 3.63) is 119 Å². The lowest BCUT2D eigenvalue weighted by Crippen LogP contribution is -2.19. The fourth-order valence-corrected chi connectivity index (χ4v) is 9.04. The second kappa shape index (κ2) is 11.7. The molecule has 0 amide bonds. The van der Waals surface area contributed by atoms with Crippen LogP contribution in [0.2, 0.25) is 0 Å². The highest BCUT2D eigenvalue weighted by Gasteiger charge is 2.21. The smallest absolute Gasteiger partial charge is 0.126 e. The summed E-state index contributed by atoms with van der Waals surface area (Å²) in [6.45, 7) is 0. The van der Waals surface area contributed by atoms with Crippen LogP contribution in [-0.4, -0.2) is 12.3 Å². The molecule has 0 saturated heterocycles. The van der Waals surface area contributed by atoms with Crippen LogP contribution in [0.1, 0.15) is 6.42 Å². The normalized spacial score (nSPS) is 11.5. The van der Waals surface area contributed by atoms with Crippen molar-refractivity contribution in [2.75, 3.05) is 12.3 Å². The molecule has 0 unspecified atom stereocenters. The monoisotopic (exact) mass is 556 g/mol. The SMILES string of the molecule is Fc1cc(F)cc(P(CCCP(c2cc(F)cc(F)c2)c2cc(F)cc(F)c2)c2cc(F)cc(F)c2)c1. The first-order valence-corrected chi connectivity index (χ1v) is 14.0. The zero-order chi connectivity index (χ0) is 26.7. The Bertz CT molecular complexity index is 1130. The maximum Gasteiger partial charge on any atom is 0.126 e. The summed E-state index contributed by atoms with van der Waals surface area (Å²) in [5.41, 5.74) is 0. The Balaban J connectivity index is 1.68. The summed E-state index contributed by atoms with van der Waals surface area (Å²) in [5.74, 6) is -6.84. The fraction of sp³-hybridized carbons (Fsp3) is 0.111. The Labute approximate surface area is 210 Å². The van der Waals surface area contributed by atoms with E-state index in [9.17, 15) is 35.1 Å². The molecule has 0 spiro atoms. The zero-order valence-electron chi connectivity index (χ0n) is 19.0. The minimum atomic E-state index is -1.65. The van der Waals surface area contributed by atoms with Crippen LogP contribution >= 0.6 is 15.8 Å². The molecule has 4 aromatic carbocycles. The highest BCUT2D eigenvalue weighted by atomic mass is 31.1. The van der Waals surface area contributed by atoms with Crippen molar-refractivity contribution >= 4 is 37.1 Å². The van der Waals surface area contributed by atoms with Gasteiger partial charge in [0, 0.05) is 24.3 Å². The van der Waals surface area contributed by atoms with Crippen LogP contribution in [0.25, 0.3) is 0 Å². The van der Waals surface area contributed by atoms with Crippen LogP contribution in [0.3, 0.4) is 0 Å². The average Bonchev–Trinajstić information content (AvgIpc) is 2.76. The Morgan fingerprint density at radius 1 is 0.324 bits per heavy atom. The highest BCUT2D eigenvalue weighted by molar-refractivity contribution is 7.74. The second-order valence-electron chi connectivity index (χ2n) is 8.17. The molecule has 0 nitrogen and oxygen atoms in total. The van der Waals surface area contributed by atoms with E-state index in [2.05, 4.69) is 0 Å². The van der Waals surface area contributed by atoms with Gasteiger partial charge in [-0.15, -0.1) is 0 Å². The van der Waals surface area contributed by atoms with Gasteiger partial charge in [0.1, 0.15) is 46.5 Å². The highest BCUT2D eigenvalue weighted by Crippen LogP contribution is 2.40. The maximum absolute atomic E-state index is 14.0. The summed E-state index contributed by atoms with van der Waals surface area (Å²) in [4.78, 5) is 0. The Kier molecular flexibility index (Phi) is 8.61. The summed E-state index contributed by atoms with van der Waals surface area (Å²) in [6, 6.07) is 11.4. The largest absolute Gasteiger partial charge is 0.207 e. The van der Waals surface area contributed by atoms with Crippen molar-refractivity contribution < 1.29 is 35.1 Å². The third-order valence-corrected chi connectivity index (χ3v) is 10.5. The molecule has 0 aliphatic heterocycles. The number of benzene rings is 4. The molecule has 0 bridgehead atoms. The van der Waals surface area contributed by atoms with Gasteiger partial charge < -0.3 is 0 Å². The second-order valence-corrected chi connectivity index (χ2v) is 12.8. The lowest BCUT2D eigenvalue weighted by atomic mass is 10.3. The third kappa shape index (κ3) is 7.15. The quantitative estimate of drug-likeness (QED) is 0.166. The van der Waals surface area contributed by atoms with Crippen molar-refractivity contribution in [3.8, 4) is 0 Å². The molecule has 0 aliphatic carbocycles. The number of halogens is 8. The topological polar surface area (TPSA) is 0 Å². The van der Waals surface area contributed by atoms with Crippen molar-refractivity contribution in [3.63, 3.8) is 0 Å². The molecule has 0 aliphatic rings. The molecule has 192 valence electrons. The van der Waals surface area contributed by atoms with Crippen LogP contribution in [-0.2, 0) is 0 Å². The van der Waals surface area contributed by atoms with E-state index in [0.29, 0.717) is 24.3 Å². The molecule has 4 rings (SSSR count). The molecule has 0 radical (unpaired) electrons. The first-order valence-electron chi connectivity index (χ1n) is 11.0. The molecule has 4 aromatic rings. The van der Waals surface area contributed by atoms with Gasteiger partial charge in [-0.1, -0.05) is 0 Å². The maximum atomic E-state index is 14.0. The molecule has 0 fully saturated rings. The van der Waals surface area contributed by atoms with E-state index >= 15 is 0 Å². The minimum absolute atomic E-state index is 0.190. The number of hydrogen-bond acceptors (Lipinski definition) is 0. The van der Waals surface area contributed by atoms with Gasteiger partial charge in [0.2, 0.25) is 0 Å². The number of rotatable bonds is 8. The fourth-order valence-electron chi connectivity index (χ4n) is 3.98. The molecule has 10 heteroatoms. The Morgan fingerprint density at radius 3 is 0.703 bits per heavy atom. The summed E-state index contributed by atoms with van der Waals surface area (Å²) in [5, 5.41) is 0.816. The molecule has 0 atom stereocenters. The van der Waals surface area contributed by atoms with E-state index < -0.39 is 62.4 Å². The van der Waals surface area contributed by atoms with Gasteiger partial charge in [0.15, 0.2) is 0 Å². The van der Waals surface area contributed by atoms with Crippen molar-refractivity contribution in [2.45, 2.75) is 6.42 Å². The third-order valence-electron chi connectivity index (χ3n) is 5.40. The standard InChI is InChI=1S/C27H18F8P2/c28-16-4-17(29)9-24(8-16)36(25-10-18(30)5-19(31)11-25)2-1-3-37(26-12-20(32)6-21(33)13-26)27-14-22(34)7-23(35)15-27/h4-15H,1-3H2. The minimum Gasteiger partial charge on any atom is -0.207 e. The molecule has 0 aromatic heterocycles. The predicted octanol–water partition coefficient (Wildman–Crippen LogP) is 6.76. The van der Waals surface area contributed by atoms with Crippen molar-refractivity contribution in [1.82, 2.24) is 0 Å². The van der Waals surface area contributed by atoms with Gasteiger partial charge in [-0.25, -0.2) is 35.1 Å². The zero-order valence-corrected chi connectivity index (χ0v) is 20.8. The Hall–Kier alpha value is -2.82. The van der Waals surface area contributed by atoms with E-state index in [1.54, 1.807) is 0 Å².